The van der Waals surface area contributed by atoms with Crippen LogP contribution in [0.3, 0.4) is 0 Å². The molecule has 1 N–H and O–H groups in total. The van der Waals surface area contributed by atoms with Crippen molar-refractivity contribution in [2.45, 2.75) is 0 Å². The summed E-state index contributed by atoms with van der Waals surface area (Å²) in [6.07, 6.45) is 0. The van der Waals surface area contributed by atoms with Gasteiger partial charge in [-0.15, -0.1) is 0 Å². The van der Waals surface area contributed by atoms with Gasteiger partial charge >= 0.3 is 11.6 Å². The van der Waals surface area contributed by atoms with Gasteiger partial charge in [0.25, 0.3) is 5.91 Å². The molecule has 0 radical (unpaired) electrons. The minimum atomic E-state index is -0.792. The summed E-state index contributed by atoms with van der Waals surface area (Å²) in [6, 6.07) is 9.58. The van der Waals surface area contributed by atoms with Gasteiger partial charge in [-0.1, -0.05) is 31.9 Å². The highest BCUT2D eigenvalue weighted by atomic mass is 79.9. The molecule has 1 amide bonds. The van der Waals surface area contributed by atoms with Gasteiger partial charge in [0.1, 0.15) is 5.56 Å². The molecule has 0 saturated heterocycles. The lowest BCUT2D eigenvalue weighted by molar-refractivity contribution is 0.0602. The van der Waals surface area contributed by atoms with Crippen LogP contribution < -0.4 is 10.9 Å². The molecule has 0 aliphatic rings. The normalized spacial score (nSPS) is 10.7. The van der Waals surface area contributed by atoms with Crippen molar-refractivity contribution >= 4 is 76.3 Å². The maximum absolute atomic E-state index is 12.6. The van der Waals surface area contributed by atoms with Gasteiger partial charge in [-0.2, -0.15) is 0 Å². The number of anilines is 1. The molecule has 138 valence electrons. The third kappa shape index (κ3) is 4.15. The Bertz CT molecular complexity index is 1140. The summed E-state index contributed by atoms with van der Waals surface area (Å²) in [4.78, 5) is 36.8. The Kier molecular flexibility index (Phi) is 5.83. The highest BCUT2D eigenvalue weighted by molar-refractivity contribution is 9.11. The summed E-state index contributed by atoms with van der Waals surface area (Å²) in [5.74, 6) is -1.32. The number of methoxy groups -OCH3 is 1. The number of ether oxygens (including phenoxy) is 1. The van der Waals surface area contributed by atoms with Crippen LogP contribution in [0.2, 0.25) is 0 Å². The van der Waals surface area contributed by atoms with Crippen molar-refractivity contribution in [2.75, 3.05) is 12.4 Å². The number of esters is 1. The third-order valence-electron chi connectivity index (χ3n) is 3.63. The second-order valence-corrected chi connectivity index (χ2v) is 8.07. The zero-order valence-electron chi connectivity index (χ0n) is 13.6. The van der Waals surface area contributed by atoms with Gasteiger partial charge in [-0.05, 0) is 52.3 Å². The number of nitrogens with one attached hydrogen (secondary N) is 1. The van der Waals surface area contributed by atoms with E-state index in [0.29, 0.717) is 19.9 Å². The summed E-state index contributed by atoms with van der Waals surface area (Å²) < 4.78 is 12.0. The Labute approximate surface area is 178 Å². The second-order valence-electron chi connectivity index (χ2n) is 5.39. The van der Waals surface area contributed by atoms with Crippen LogP contribution in [-0.4, -0.2) is 19.0 Å². The van der Waals surface area contributed by atoms with Crippen LogP contribution in [0.1, 0.15) is 20.7 Å². The van der Waals surface area contributed by atoms with Gasteiger partial charge < -0.3 is 14.5 Å². The number of halogens is 3. The summed E-state index contributed by atoms with van der Waals surface area (Å²) in [5, 5.41) is 3.12. The predicted molar refractivity (Wildman–Crippen MR) is 111 cm³/mol. The highest BCUT2D eigenvalue weighted by Crippen LogP contribution is 2.28. The maximum atomic E-state index is 12.6. The lowest BCUT2D eigenvalue weighted by Gasteiger charge is -2.10. The molecule has 0 spiro atoms. The van der Waals surface area contributed by atoms with Crippen LogP contribution in [0, 0.1) is 0 Å². The first-order valence-electron chi connectivity index (χ1n) is 7.42. The monoisotopic (exact) mass is 557 g/mol. The largest absolute Gasteiger partial charge is 0.465 e. The lowest BCUT2D eigenvalue weighted by atomic mass is 10.1. The Balaban J connectivity index is 2.04. The first kappa shape index (κ1) is 19.8. The van der Waals surface area contributed by atoms with Gasteiger partial charge in [0.05, 0.1) is 22.8 Å². The number of carbonyl (C=O) groups is 2. The molecule has 27 heavy (non-hydrogen) atoms. The van der Waals surface area contributed by atoms with Crippen LogP contribution >= 0.6 is 47.8 Å². The van der Waals surface area contributed by atoms with Gasteiger partial charge in [0.2, 0.25) is 0 Å². The minimum absolute atomic E-state index is 0.149. The standard InChI is InChI=1S/C18H10Br3NO5/c1-26-17(24)11-6-9(19)2-3-14(11)22-16(23)12-5-8-4-10(20)7-13(21)15(8)27-18(12)25/h2-7H,1H3,(H,22,23). The molecule has 0 aliphatic heterocycles. The van der Waals surface area contributed by atoms with Crippen LogP contribution in [0.25, 0.3) is 11.0 Å². The molecule has 3 aromatic rings. The number of rotatable bonds is 3. The smallest absolute Gasteiger partial charge is 0.349 e. The number of hydrogen-bond donors (Lipinski definition) is 1. The topological polar surface area (TPSA) is 85.6 Å². The van der Waals surface area contributed by atoms with Gasteiger partial charge in [0.15, 0.2) is 5.58 Å². The molecule has 6 nitrogen and oxygen atoms in total. The summed E-state index contributed by atoms with van der Waals surface area (Å²) in [5.41, 5.74) is -0.287. The lowest BCUT2D eigenvalue weighted by Crippen LogP contribution is -2.22. The molecule has 2 aromatic carbocycles. The number of amides is 1. The van der Waals surface area contributed by atoms with E-state index in [0.717, 1.165) is 4.47 Å². The van der Waals surface area contributed by atoms with E-state index in [2.05, 4.69) is 53.1 Å². The summed E-state index contributed by atoms with van der Waals surface area (Å²) in [7, 11) is 1.24. The quantitative estimate of drug-likeness (QED) is 0.356. The molecule has 0 atom stereocenters. The van der Waals surface area contributed by atoms with Crippen molar-refractivity contribution in [2.24, 2.45) is 0 Å². The van der Waals surface area contributed by atoms with E-state index in [1.165, 1.54) is 25.3 Å². The van der Waals surface area contributed by atoms with Gasteiger partial charge in [-0.3, -0.25) is 4.79 Å². The molecular formula is C18H10Br3NO5. The van der Waals surface area contributed by atoms with Crippen LogP contribution in [0.4, 0.5) is 5.69 Å². The van der Waals surface area contributed by atoms with Crippen LogP contribution in [0.15, 0.2) is 59.0 Å². The maximum Gasteiger partial charge on any atom is 0.349 e. The average Bonchev–Trinajstić information content (AvgIpc) is 2.62. The molecule has 0 bridgehead atoms. The molecular weight excluding hydrogens is 550 g/mol. The minimum Gasteiger partial charge on any atom is -0.465 e. The third-order valence-corrected chi connectivity index (χ3v) is 5.17. The Morgan fingerprint density at radius 2 is 1.74 bits per heavy atom. The Hall–Kier alpha value is -1.97. The summed E-state index contributed by atoms with van der Waals surface area (Å²) >= 11 is 9.93. The van der Waals surface area contributed by atoms with E-state index in [9.17, 15) is 14.4 Å². The Morgan fingerprint density at radius 1 is 1.00 bits per heavy atom. The molecule has 0 saturated carbocycles. The number of hydrogen-bond acceptors (Lipinski definition) is 5. The molecule has 1 aromatic heterocycles. The fourth-order valence-corrected chi connectivity index (χ4v) is 4.11. The van der Waals surface area contributed by atoms with E-state index >= 15 is 0 Å². The fraction of sp³-hybridized carbons (Fsp3) is 0.0556. The van der Waals surface area contributed by atoms with Crippen molar-refractivity contribution < 1.29 is 18.7 Å². The van der Waals surface area contributed by atoms with Gasteiger partial charge in [0, 0.05) is 14.3 Å². The summed E-state index contributed by atoms with van der Waals surface area (Å²) in [6.45, 7) is 0. The number of carbonyl (C=O) groups excluding carboxylic acids is 2. The zero-order chi connectivity index (χ0) is 19.7. The van der Waals surface area contributed by atoms with Crippen molar-refractivity contribution in [3.8, 4) is 0 Å². The molecule has 3 rings (SSSR count). The predicted octanol–water partition coefficient (Wildman–Crippen LogP) is 5.12. The fourth-order valence-electron chi connectivity index (χ4n) is 2.41. The van der Waals surface area contributed by atoms with Crippen LogP contribution in [0.5, 0.6) is 0 Å². The first-order chi connectivity index (χ1) is 12.8. The van der Waals surface area contributed by atoms with Crippen molar-refractivity contribution in [3.05, 3.63) is 71.4 Å². The van der Waals surface area contributed by atoms with Crippen molar-refractivity contribution in [1.82, 2.24) is 0 Å². The molecule has 9 heteroatoms. The van der Waals surface area contributed by atoms with Crippen molar-refractivity contribution in [3.63, 3.8) is 0 Å². The van der Waals surface area contributed by atoms with E-state index in [1.807, 2.05) is 0 Å². The van der Waals surface area contributed by atoms with E-state index < -0.39 is 17.5 Å². The molecule has 0 aliphatic carbocycles. The number of fused-ring (bicyclic) bond motifs is 1. The highest BCUT2D eigenvalue weighted by Gasteiger charge is 2.19. The second kappa shape index (κ2) is 7.95. The van der Waals surface area contributed by atoms with Crippen molar-refractivity contribution in [1.29, 1.82) is 0 Å². The van der Waals surface area contributed by atoms with E-state index in [4.69, 9.17) is 9.15 Å². The van der Waals surface area contributed by atoms with E-state index in [-0.39, 0.29) is 16.8 Å². The Morgan fingerprint density at radius 3 is 2.44 bits per heavy atom. The van der Waals surface area contributed by atoms with Gasteiger partial charge in [-0.25, -0.2) is 9.59 Å². The first-order valence-corrected chi connectivity index (χ1v) is 9.80. The zero-order valence-corrected chi connectivity index (χ0v) is 18.4. The van der Waals surface area contributed by atoms with E-state index in [1.54, 1.807) is 18.2 Å². The van der Waals surface area contributed by atoms with Crippen LogP contribution in [-0.2, 0) is 4.74 Å². The SMILES string of the molecule is COC(=O)c1cc(Br)ccc1NC(=O)c1cc2cc(Br)cc(Br)c2oc1=O. The molecule has 0 fully saturated rings. The molecule has 1 heterocycles. The average molecular weight is 560 g/mol. The number of benzene rings is 2. The molecule has 0 unspecified atom stereocenters.